The molecule has 0 aliphatic carbocycles. The van der Waals surface area contributed by atoms with E-state index in [1.807, 2.05) is 0 Å². The summed E-state index contributed by atoms with van der Waals surface area (Å²) in [5, 5.41) is 5.43. The van der Waals surface area contributed by atoms with E-state index < -0.39 is 7.92 Å². The van der Waals surface area contributed by atoms with Gasteiger partial charge in [-0.25, -0.2) is 0 Å². The third-order valence-electron chi connectivity index (χ3n) is 3.75. The second kappa shape index (κ2) is 13.6. The molecule has 0 aromatic carbocycles. The van der Waals surface area contributed by atoms with Gasteiger partial charge in [0.05, 0.1) is 22.2 Å². The van der Waals surface area contributed by atoms with Gasteiger partial charge in [0.2, 0.25) is 0 Å². The normalized spacial score (nSPS) is 11.5. The Balaban J connectivity index is -0.00000108. The molecule has 0 saturated heterocycles. The Kier molecular flexibility index (Phi) is 15.6. The van der Waals surface area contributed by atoms with Crippen molar-refractivity contribution in [1.29, 1.82) is 0 Å². The van der Waals surface area contributed by atoms with Crippen LogP contribution in [-0.2, 0) is 39.4 Å². The van der Waals surface area contributed by atoms with Gasteiger partial charge in [-0.05, 0) is 53.7 Å². The second-order valence-corrected chi connectivity index (χ2v) is 13.6. The maximum Gasteiger partial charge on any atom is 3.00 e. The minimum Gasteiger partial charge on any atom is -0.652 e. The van der Waals surface area contributed by atoms with Gasteiger partial charge in [-0.1, -0.05) is 26.8 Å². The number of nitrogens with zero attached hydrogens (tertiary/aromatic N) is 2. The number of hydrogen-bond donors (Lipinski definition) is 0. The molecule has 0 spiro atoms. The molecule has 0 N–H and O–H groups in total. The topological polar surface area (TPSA) is 61.1 Å². The average molecular weight is 435 g/mol. The van der Waals surface area contributed by atoms with Gasteiger partial charge in [-0.2, -0.15) is 0 Å². The molecule has 6 heteroatoms. The van der Waals surface area contributed by atoms with Gasteiger partial charge in [0, 0.05) is 13.6 Å². The zero-order valence-electron chi connectivity index (χ0n) is 18.4. The molecule has 0 bridgehead atoms. The van der Waals surface area contributed by atoms with Crippen molar-refractivity contribution < 1.29 is 26.7 Å². The van der Waals surface area contributed by atoms with Gasteiger partial charge in [-0.15, -0.1) is 12.1 Å². The number of hydrogen-bond acceptors (Lipinski definition) is 3. The fraction of sp³-hybridized carbons (Fsp3) is 0.667. The Hall–Kier alpha value is -0.601. The number of aromatic nitrogens is 1. The first-order valence-electron chi connectivity index (χ1n) is 8.76. The van der Waals surface area contributed by atoms with Crippen molar-refractivity contribution in [2.75, 3.05) is 0 Å². The zero-order chi connectivity index (χ0) is 21.2. The maximum atomic E-state index is 7.75. The van der Waals surface area contributed by atoms with E-state index >= 15 is 0 Å². The van der Waals surface area contributed by atoms with Crippen LogP contribution in [0.5, 0.6) is 0 Å². The van der Waals surface area contributed by atoms with Crippen LogP contribution in [0.4, 0.5) is 0 Å². The summed E-state index contributed by atoms with van der Waals surface area (Å²) in [6, 6.07) is 6.42. The van der Waals surface area contributed by atoms with Crippen LogP contribution in [0.2, 0.25) is 0 Å². The van der Waals surface area contributed by atoms with Crippen molar-refractivity contribution in [2.24, 2.45) is 0 Å². The van der Waals surface area contributed by atoms with Crippen molar-refractivity contribution in [1.82, 2.24) is 4.98 Å². The molecule has 0 atom stereocenters. The number of carbonyl (C=O) groups excluding carboxylic acids is 2. The van der Waals surface area contributed by atoms with Gasteiger partial charge < -0.3 is 14.9 Å². The average Bonchev–Trinajstić information content (AvgIpc) is 2.52. The minimum atomic E-state index is -0.580. The first kappa shape index (κ1) is 31.1. The van der Waals surface area contributed by atoms with Crippen molar-refractivity contribution in [3.8, 4) is 0 Å². The van der Waals surface area contributed by atoms with Crippen LogP contribution in [0.3, 0.4) is 0 Å². The summed E-state index contributed by atoms with van der Waals surface area (Å²) < 4.78 is 0. The molecule has 1 rings (SSSR count). The van der Waals surface area contributed by atoms with Crippen molar-refractivity contribution >= 4 is 21.5 Å². The third-order valence-corrected chi connectivity index (χ3v) is 8.09. The number of rotatable bonds is 4. The Bertz CT molecular complexity index is 504. The molecule has 0 unspecified atom stereocenters. The Morgan fingerprint density at radius 3 is 1.63 bits per heavy atom. The van der Waals surface area contributed by atoms with Crippen molar-refractivity contribution in [3.05, 3.63) is 34.9 Å². The van der Waals surface area contributed by atoms with Gasteiger partial charge in [0.15, 0.2) is 0 Å². The first-order valence-corrected chi connectivity index (χ1v) is 10.5. The molecule has 0 amide bonds. The van der Waals surface area contributed by atoms with Gasteiger partial charge in [0.1, 0.15) is 0 Å². The molecule has 154 valence electrons. The molecule has 27 heavy (non-hydrogen) atoms. The summed E-state index contributed by atoms with van der Waals surface area (Å²) >= 11 is 0. The Labute approximate surface area is 178 Å². The van der Waals surface area contributed by atoms with Gasteiger partial charge in [-0.3, -0.25) is 18.6 Å². The largest absolute Gasteiger partial charge is 3.00 e. The standard InChI is InChI=1S/C19H34N2P.2CHO.Mn/c1-17(2,3)20-13-15-11-10-12-16(21-15)14-22(18(4,5)6)19(7,8)9;2*1-2;/h10-12H,13-14H2,1-9H3;2*1H;/q3*-1;+3/p+1. The maximum absolute atomic E-state index is 7.75. The van der Waals surface area contributed by atoms with Crippen LogP contribution in [0.1, 0.15) is 73.7 Å². The van der Waals surface area contributed by atoms with Crippen LogP contribution in [0.15, 0.2) is 18.2 Å². The van der Waals surface area contributed by atoms with Gasteiger partial charge >= 0.3 is 17.1 Å². The molecule has 0 fully saturated rings. The van der Waals surface area contributed by atoms with E-state index in [1.54, 1.807) is 0 Å². The fourth-order valence-corrected chi connectivity index (χ4v) is 6.74. The SMILES string of the molecule is CC(C)(C)[N-]Cc1cccc(C[PH+](C(C)(C)C)C(C)(C)C)n1.[CH-]=O.[CH-]=O.[Mn+3]. The Morgan fingerprint density at radius 1 is 0.852 bits per heavy atom. The van der Waals surface area contributed by atoms with Gasteiger partial charge in [0.25, 0.3) is 0 Å². The van der Waals surface area contributed by atoms with E-state index in [1.165, 1.54) is 5.69 Å². The number of pyridine rings is 1. The van der Waals surface area contributed by atoms with Crippen LogP contribution < -0.4 is 0 Å². The first-order chi connectivity index (χ1) is 11.8. The quantitative estimate of drug-likeness (QED) is 0.271. The van der Waals surface area contributed by atoms with E-state index in [4.69, 9.17) is 19.9 Å². The molecule has 0 aliphatic heterocycles. The second-order valence-electron chi connectivity index (χ2n) is 9.26. The summed E-state index contributed by atoms with van der Waals surface area (Å²) in [7, 11) is -0.580. The molecule has 0 radical (unpaired) electrons. The van der Waals surface area contributed by atoms with E-state index in [0.29, 0.717) is 16.9 Å². The molecule has 1 aromatic heterocycles. The summed E-state index contributed by atoms with van der Waals surface area (Å²) in [6.07, 6.45) is 1.13. The minimum absolute atomic E-state index is 0. The molecular formula is C21H37MnN2O2P+. The third kappa shape index (κ3) is 14.1. The van der Waals surface area contributed by atoms with Crippen LogP contribution in [-0.4, -0.2) is 34.4 Å². The van der Waals surface area contributed by atoms with E-state index in [-0.39, 0.29) is 22.6 Å². The predicted molar refractivity (Wildman–Crippen MR) is 116 cm³/mol. The molecule has 0 aliphatic rings. The summed E-state index contributed by atoms with van der Waals surface area (Å²) in [6.45, 7) is 27.9. The van der Waals surface area contributed by atoms with Crippen molar-refractivity contribution in [3.63, 3.8) is 0 Å². The molecule has 1 aromatic rings. The van der Waals surface area contributed by atoms with E-state index in [0.717, 1.165) is 11.9 Å². The molecule has 1 heterocycles. The van der Waals surface area contributed by atoms with Crippen molar-refractivity contribution in [2.45, 2.75) is 90.9 Å². The molecular weight excluding hydrogens is 398 g/mol. The summed E-state index contributed by atoms with van der Waals surface area (Å²) in [5.74, 6) is 0. The van der Waals surface area contributed by atoms with Crippen LogP contribution >= 0.6 is 7.92 Å². The van der Waals surface area contributed by atoms with E-state index in [2.05, 4.69) is 94.1 Å². The van der Waals surface area contributed by atoms with Crippen LogP contribution in [0, 0.1) is 0 Å². The summed E-state index contributed by atoms with van der Waals surface area (Å²) in [5.41, 5.74) is 2.33. The monoisotopic (exact) mass is 435 g/mol. The van der Waals surface area contributed by atoms with E-state index in [9.17, 15) is 0 Å². The fourth-order valence-electron chi connectivity index (χ4n) is 2.87. The van der Waals surface area contributed by atoms with Crippen LogP contribution in [0.25, 0.3) is 5.32 Å². The summed E-state index contributed by atoms with van der Waals surface area (Å²) in [4.78, 5) is 20.4. The predicted octanol–water partition coefficient (Wildman–Crippen LogP) is 5.51. The molecule has 4 nitrogen and oxygen atoms in total. The molecule has 0 saturated carbocycles. The Morgan fingerprint density at radius 2 is 1.26 bits per heavy atom. The smallest absolute Gasteiger partial charge is 0.652 e. The zero-order valence-corrected chi connectivity index (χ0v) is 20.6.